The molecule has 0 radical (unpaired) electrons. The molecule has 1 N–H and O–H groups in total. The summed E-state index contributed by atoms with van der Waals surface area (Å²) in [5, 5.41) is 3.50. The predicted molar refractivity (Wildman–Crippen MR) is 73.2 cm³/mol. The number of fused-ring (bicyclic) bond motifs is 1. The van der Waals surface area contributed by atoms with E-state index in [0.29, 0.717) is 0 Å². The molecule has 0 saturated heterocycles. The average molecular weight is 234 g/mol. The molecule has 0 saturated carbocycles. The van der Waals surface area contributed by atoms with Gasteiger partial charge in [0.2, 0.25) is 0 Å². The van der Waals surface area contributed by atoms with E-state index in [-0.39, 0.29) is 0 Å². The van der Waals surface area contributed by atoms with Crippen LogP contribution in [0.15, 0.2) is 18.2 Å². The highest BCUT2D eigenvalue weighted by molar-refractivity contribution is 5.77. The Morgan fingerprint density at radius 3 is 3.00 bits per heavy atom. The second-order valence-corrected chi connectivity index (χ2v) is 4.36. The number of hydrogen-bond acceptors (Lipinski definition) is 3. The summed E-state index contributed by atoms with van der Waals surface area (Å²) < 4.78 is 5.81. The van der Waals surface area contributed by atoms with E-state index in [0.717, 1.165) is 38.4 Å². The number of ether oxygens (including phenoxy) is 1. The number of nitrogens with zero attached hydrogens (tertiary/aromatic N) is 1. The number of rotatable bonds is 4. The predicted octanol–water partition coefficient (Wildman–Crippen LogP) is 3.12. The highest BCUT2D eigenvalue weighted by Gasteiger charge is 2.16. The number of para-hydroxylation sites is 1. The third-order valence-corrected chi connectivity index (χ3v) is 3.09. The normalized spacial score (nSPS) is 14.8. The van der Waals surface area contributed by atoms with E-state index in [4.69, 9.17) is 4.74 Å². The third-order valence-electron chi connectivity index (χ3n) is 3.09. The summed E-state index contributed by atoms with van der Waals surface area (Å²) in [5.41, 5.74) is 2.44. The fourth-order valence-corrected chi connectivity index (χ4v) is 2.23. The van der Waals surface area contributed by atoms with E-state index in [9.17, 15) is 0 Å². The summed E-state index contributed by atoms with van der Waals surface area (Å²) >= 11 is 0. The Kier molecular flexibility index (Phi) is 4.13. The lowest BCUT2D eigenvalue weighted by Gasteiger charge is -2.23. The SMILES string of the molecule is CCCOc1cccc2c1NCCCN2CC. The Labute approximate surface area is 104 Å². The molecule has 0 amide bonds. The van der Waals surface area contributed by atoms with Gasteiger partial charge in [-0.05, 0) is 31.9 Å². The molecule has 0 unspecified atom stereocenters. The Bertz CT molecular complexity index is 365. The zero-order valence-electron chi connectivity index (χ0n) is 10.8. The van der Waals surface area contributed by atoms with Gasteiger partial charge in [-0.1, -0.05) is 13.0 Å². The van der Waals surface area contributed by atoms with Gasteiger partial charge in [-0.3, -0.25) is 0 Å². The number of benzene rings is 1. The molecule has 1 aromatic rings. The summed E-state index contributed by atoms with van der Waals surface area (Å²) in [5.74, 6) is 0.990. The van der Waals surface area contributed by atoms with Gasteiger partial charge < -0.3 is 15.0 Å². The van der Waals surface area contributed by atoms with Gasteiger partial charge >= 0.3 is 0 Å². The summed E-state index contributed by atoms with van der Waals surface area (Å²) in [7, 11) is 0. The molecule has 17 heavy (non-hydrogen) atoms. The average Bonchev–Trinajstić information content (AvgIpc) is 2.58. The molecule has 2 rings (SSSR count). The summed E-state index contributed by atoms with van der Waals surface area (Å²) in [4.78, 5) is 2.41. The minimum absolute atomic E-state index is 0.782. The van der Waals surface area contributed by atoms with Crippen LogP contribution in [0.4, 0.5) is 11.4 Å². The first kappa shape index (κ1) is 12.1. The van der Waals surface area contributed by atoms with Crippen LogP contribution in [0.5, 0.6) is 5.75 Å². The van der Waals surface area contributed by atoms with E-state index in [2.05, 4.69) is 42.3 Å². The van der Waals surface area contributed by atoms with Gasteiger partial charge in [0, 0.05) is 19.6 Å². The molecule has 0 bridgehead atoms. The molecule has 0 atom stereocenters. The van der Waals surface area contributed by atoms with Crippen molar-refractivity contribution in [3.63, 3.8) is 0 Å². The second kappa shape index (κ2) is 5.80. The molecule has 1 aliphatic rings. The van der Waals surface area contributed by atoms with Crippen molar-refractivity contribution in [2.75, 3.05) is 36.5 Å². The zero-order chi connectivity index (χ0) is 12.1. The van der Waals surface area contributed by atoms with Gasteiger partial charge in [-0.2, -0.15) is 0 Å². The first-order chi connectivity index (χ1) is 8.36. The van der Waals surface area contributed by atoms with Crippen molar-refractivity contribution >= 4 is 11.4 Å². The molecule has 94 valence electrons. The third kappa shape index (κ3) is 2.65. The van der Waals surface area contributed by atoms with Gasteiger partial charge in [-0.25, -0.2) is 0 Å². The molecular weight excluding hydrogens is 212 g/mol. The molecule has 3 heteroatoms. The highest BCUT2D eigenvalue weighted by Crippen LogP contribution is 2.36. The maximum atomic E-state index is 5.81. The van der Waals surface area contributed by atoms with Crippen LogP contribution in [0, 0.1) is 0 Å². The molecule has 3 nitrogen and oxygen atoms in total. The summed E-state index contributed by atoms with van der Waals surface area (Å²) in [6.45, 7) is 8.31. The van der Waals surface area contributed by atoms with Crippen LogP contribution >= 0.6 is 0 Å². The number of hydrogen-bond donors (Lipinski definition) is 1. The van der Waals surface area contributed by atoms with E-state index >= 15 is 0 Å². The number of anilines is 2. The lowest BCUT2D eigenvalue weighted by Crippen LogP contribution is -2.23. The maximum Gasteiger partial charge on any atom is 0.144 e. The molecule has 0 aliphatic carbocycles. The second-order valence-electron chi connectivity index (χ2n) is 4.36. The van der Waals surface area contributed by atoms with Crippen LogP contribution < -0.4 is 15.0 Å². The monoisotopic (exact) mass is 234 g/mol. The van der Waals surface area contributed by atoms with E-state index in [1.54, 1.807) is 0 Å². The minimum Gasteiger partial charge on any atom is -0.491 e. The van der Waals surface area contributed by atoms with Crippen molar-refractivity contribution in [1.29, 1.82) is 0 Å². The molecule has 0 aromatic heterocycles. The van der Waals surface area contributed by atoms with E-state index < -0.39 is 0 Å². The molecule has 0 fully saturated rings. The molecule has 0 spiro atoms. The van der Waals surface area contributed by atoms with Crippen LogP contribution in [-0.2, 0) is 0 Å². The Balaban J connectivity index is 2.30. The van der Waals surface area contributed by atoms with Crippen LogP contribution in [0.2, 0.25) is 0 Å². The first-order valence-electron chi connectivity index (χ1n) is 6.61. The van der Waals surface area contributed by atoms with Gasteiger partial charge in [0.1, 0.15) is 11.4 Å². The lowest BCUT2D eigenvalue weighted by molar-refractivity contribution is 0.319. The van der Waals surface area contributed by atoms with Crippen LogP contribution in [0.1, 0.15) is 26.7 Å². The van der Waals surface area contributed by atoms with Crippen molar-refractivity contribution in [2.24, 2.45) is 0 Å². The van der Waals surface area contributed by atoms with Gasteiger partial charge in [-0.15, -0.1) is 0 Å². The van der Waals surface area contributed by atoms with Crippen LogP contribution in [0.25, 0.3) is 0 Å². The first-order valence-corrected chi connectivity index (χ1v) is 6.61. The van der Waals surface area contributed by atoms with Gasteiger partial charge in [0.05, 0.1) is 12.3 Å². The lowest BCUT2D eigenvalue weighted by atomic mass is 10.2. The largest absolute Gasteiger partial charge is 0.491 e. The van der Waals surface area contributed by atoms with Crippen molar-refractivity contribution in [3.05, 3.63) is 18.2 Å². The smallest absolute Gasteiger partial charge is 0.144 e. The maximum absolute atomic E-state index is 5.81. The molecule has 1 aromatic carbocycles. The van der Waals surface area contributed by atoms with Crippen molar-refractivity contribution < 1.29 is 4.74 Å². The van der Waals surface area contributed by atoms with E-state index in [1.165, 1.54) is 17.8 Å². The fraction of sp³-hybridized carbons (Fsp3) is 0.571. The Morgan fingerprint density at radius 1 is 1.35 bits per heavy atom. The Morgan fingerprint density at radius 2 is 2.24 bits per heavy atom. The van der Waals surface area contributed by atoms with Gasteiger partial charge in [0.15, 0.2) is 0 Å². The summed E-state index contributed by atoms with van der Waals surface area (Å²) in [6.07, 6.45) is 2.22. The zero-order valence-corrected chi connectivity index (χ0v) is 10.8. The molecular formula is C14H22N2O. The fourth-order valence-electron chi connectivity index (χ4n) is 2.23. The van der Waals surface area contributed by atoms with Crippen molar-refractivity contribution in [3.8, 4) is 5.75 Å². The van der Waals surface area contributed by atoms with Gasteiger partial charge in [0.25, 0.3) is 0 Å². The quantitative estimate of drug-likeness (QED) is 0.866. The summed E-state index contributed by atoms with van der Waals surface area (Å²) in [6, 6.07) is 6.32. The highest BCUT2D eigenvalue weighted by atomic mass is 16.5. The topological polar surface area (TPSA) is 24.5 Å². The van der Waals surface area contributed by atoms with Crippen LogP contribution in [-0.4, -0.2) is 26.2 Å². The Hall–Kier alpha value is -1.38. The standard InChI is InChI=1S/C14H22N2O/c1-3-11-17-13-8-5-7-12-14(13)15-9-6-10-16(12)4-2/h5,7-8,15H,3-4,6,9-11H2,1-2H3. The molecule has 1 aliphatic heterocycles. The number of nitrogens with one attached hydrogen (secondary N) is 1. The van der Waals surface area contributed by atoms with Crippen molar-refractivity contribution in [2.45, 2.75) is 26.7 Å². The minimum atomic E-state index is 0.782. The van der Waals surface area contributed by atoms with Crippen LogP contribution in [0.3, 0.4) is 0 Å². The van der Waals surface area contributed by atoms with E-state index in [1.807, 2.05) is 0 Å². The molecule has 1 heterocycles. The van der Waals surface area contributed by atoms with Crippen molar-refractivity contribution in [1.82, 2.24) is 0 Å².